The Labute approximate surface area is 126 Å². The van der Waals surface area contributed by atoms with Gasteiger partial charge in [-0.25, -0.2) is 0 Å². The summed E-state index contributed by atoms with van der Waals surface area (Å²) in [6, 6.07) is 13.5. The number of ether oxygens (including phenoxy) is 1. The number of rotatable bonds is 7. The lowest BCUT2D eigenvalue weighted by Crippen LogP contribution is -2.11. The number of carbonyl (C=O) groups is 1. The highest BCUT2D eigenvalue weighted by Crippen LogP contribution is 2.15. The van der Waals surface area contributed by atoms with Gasteiger partial charge in [0.25, 0.3) is 0 Å². The highest BCUT2D eigenvalue weighted by atomic mass is 16.5. The number of nitrogens with zero attached hydrogens (tertiary/aromatic N) is 1. The van der Waals surface area contributed by atoms with E-state index in [1.165, 1.54) is 5.56 Å². The van der Waals surface area contributed by atoms with Gasteiger partial charge in [-0.15, -0.1) is 0 Å². The molecule has 0 unspecified atom stereocenters. The number of benzene rings is 1. The molecule has 0 radical (unpaired) electrons. The van der Waals surface area contributed by atoms with Crippen molar-refractivity contribution in [3.05, 3.63) is 65.5 Å². The lowest BCUT2D eigenvalue weighted by molar-refractivity contribution is 0.0764. The van der Waals surface area contributed by atoms with E-state index in [0.717, 1.165) is 12.1 Å². The van der Waals surface area contributed by atoms with E-state index < -0.39 is 0 Å². The SMILES string of the molecule is CC(C)c1ccc(C(=O)COCCc2ccccn2)cc1. The molecule has 3 nitrogen and oxygen atoms in total. The van der Waals surface area contributed by atoms with Gasteiger partial charge in [0, 0.05) is 23.9 Å². The lowest BCUT2D eigenvalue weighted by Gasteiger charge is -2.07. The summed E-state index contributed by atoms with van der Waals surface area (Å²) in [6.07, 6.45) is 2.48. The van der Waals surface area contributed by atoms with Crippen molar-refractivity contribution in [1.82, 2.24) is 4.98 Å². The molecule has 0 amide bonds. The van der Waals surface area contributed by atoms with Crippen molar-refractivity contribution in [3.63, 3.8) is 0 Å². The Balaban J connectivity index is 1.76. The number of hydrogen-bond acceptors (Lipinski definition) is 3. The number of aromatic nitrogens is 1. The van der Waals surface area contributed by atoms with Crippen molar-refractivity contribution in [1.29, 1.82) is 0 Å². The normalized spacial score (nSPS) is 10.8. The maximum Gasteiger partial charge on any atom is 0.188 e. The molecule has 1 aromatic heterocycles. The molecule has 0 aliphatic rings. The van der Waals surface area contributed by atoms with Crippen molar-refractivity contribution in [2.24, 2.45) is 0 Å². The molecule has 0 aliphatic carbocycles. The monoisotopic (exact) mass is 283 g/mol. The van der Waals surface area contributed by atoms with E-state index in [1.807, 2.05) is 42.5 Å². The van der Waals surface area contributed by atoms with Gasteiger partial charge < -0.3 is 4.74 Å². The Morgan fingerprint density at radius 2 is 1.90 bits per heavy atom. The van der Waals surface area contributed by atoms with Crippen molar-refractivity contribution >= 4 is 5.78 Å². The second-order valence-electron chi connectivity index (χ2n) is 5.32. The van der Waals surface area contributed by atoms with Crippen LogP contribution in [0.2, 0.25) is 0 Å². The van der Waals surface area contributed by atoms with E-state index in [-0.39, 0.29) is 12.4 Å². The number of ketones is 1. The molecule has 110 valence electrons. The summed E-state index contributed by atoms with van der Waals surface area (Å²) in [5.74, 6) is 0.495. The zero-order chi connectivity index (χ0) is 15.1. The average molecular weight is 283 g/mol. The van der Waals surface area contributed by atoms with Crippen LogP contribution in [0.1, 0.15) is 41.4 Å². The van der Waals surface area contributed by atoms with Crippen LogP contribution in [0.15, 0.2) is 48.7 Å². The molecule has 0 spiro atoms. The van der Waals surface area contributed by atoms with Crippen molar-refractivity contribution in [2.45, 2.75) is 26.2 Å². The van der Waals surface area contributed by atoms with Gasteiger partial charge in [-0.2, -0.15) is 0 Å². The highest BCUT2D eigenvalue weighted by Gasteiger charge is 2.07. The Bertz CT molecular complexity index is 562. The minimum atomic E-state index is 0.0197. The zero-order valence-corrected chi connectivity index (χ0v) is 12.6. The van der Waals surface area contributed by atoms with E-state index >= 15 is 0 Å². The molecule has 0 saturated carbocycles. The number of hydrogen-bond donors (Lipinski definition) is 0. The summed E-state index contributed by atoms with van der Waals surface area (Å²) in [5.41, 5.74) is 2.92. The smallest absolute Gasteiger partial charge is 0.188 e. The number of Topliss-reactive ketones (excluding diaryl/α,β-unsaturated/α-hetero) is 1. The second-order valence-corrected chi connectivity index (χ2v) is 5.32. The molecular weight excluding hydrogens is 262 g/mol. The zero-order valence-electron chi connectivity index (χ0n) is 12.6. The molecule has 2 aromatic rings. The summed E-state index contributed by atoms with van der Waals surface area (Å²) >= 11 is 0. The van der Waals surface area contributed by atoms with Crippen LogP contribution in [0.4, 0.5) is 0 Å². The predicted octanol–water partition coefficient (Wildman–Crippen LogP) is 3.65. The highest BCUT2D eigenvalue weighted by molar-refractivity contribution is 5.97. The number of carbonyl (C=O) groups excluding carboxylic acids is 1. The summed E-state index contributed by atoms with van der Waals surface area (Å²) in [7, 11) is 0. The van der Waals surface area contributed by atoms with Gasteiger partial charge in [-0.3, -0.25) is 9.78 Å². The fourth-order valence-corrected chi connectivity index (χ4v) is 2.02. The Morgan fingerprint density at radius 3 is 2.52 bits per heavy atom. The van der Waals surface area contributed by atoms with Gasteiger partial charge >= 0.3 is 0 Å². The van der Waals surface area contributed by atoms with Gasteiger partial charge in [0.1, 0.15) is 6.61 Å². The van der Waals surface area contributed by atoms with E-state index in [4.69, 9.17) is 4.74 Å². The third-order valence-corrected chi connectivity index (χ3v) is 3.36. The van der Waals surface area contributed by atoms with Gasteiger partial charge in [-0.1, -0.05) is 44.2 Å². The predicted molar refractivity (Wildman–Crippen MR) is 83.6 cm³/mol. The van der Waals surface area contributed by atoms with Crippen LogP contribution in [-0.2, 0) is 11.2 Å². The van der Waals surface area contributed by atoms with Crippen LogP contribution >= 0.6 is 0 Å². The van der Waals surface area contributed by atoms with E-state index in [9.17, 15) is 4.79 Å². The van der Waals surface area contributed by atoms with Crippen molar-refractivity contribution in [3.8, 4) is 0 Å². The molecule has 0 N–H and O–H groups in total. The molecule has 21 heavy (non-hydrogen) atoms. The average Bonchev–Trinajstić information content (AvgIpc) is 2.52. The van der Waals surface area contributed by atoms with Crippen LogP contribution in [-0.4, -0.2) is 24.0 Å². The molecular formula is C18H21NO2. The first-order valence-corrected chi connectivity index (χ1v) is 7.27. The molecule has 0 fully saturated rings. The first-order valence-electron chi connectivity index (χ1n) is 7.27. The van der Waals surface area contributed by atoms with Gasteiger partial charge in [0.2, 0.25) is 0 Å². The summed E-state index contributed by atoms with van der Waals surface area (Å²) in [6.45, 7) is 4.90. The van der Waals surface area contributed by atoms with Crippen LogP contribution in [0.5, 0.6) is 0 Å². The molecule has 0 saturated heterocycles. The maximum absolute atomic E-state index is 12.0. The third kappa shape index (κ3) is 4.80. The van der Waals surface area contributed by atoms with Crippen LogP contribution in [0.3, 0.4) is 0 Å². The lowest BCUT2D eigenvalue weighted by atomic mass is 10.0. The summed E-state index contributed by atoms with van der Waals surface area (Å²) in [5, 5.41) is 0. The molecule has 0 atom stereocenters. The summed E-state index contributed by atoms with van der Waals surface area (Å²) < 4.78 is 5.44. The minimum Gasteiger partial charge on any atom is -0.373 e. The maximum atomic E-state index is 12.0. The molecule has 0 aliphatic heterocycles. The molecule has 0 bridgehead atoms. The topological polar surface area (TPSA) is 39.2 Å². The Kier molecular flexibility index (Phi) is 5.64. The number of pyridine rings is 1. The minimum absolute atomic E-state index is 0.0197. The Morgan fingerprint density at radius 1 is 1.14 bits per heavy atom. The Hall–Kier alpha value is -2.00. The fraction of sp³-hybridized carbons (Fsp3) is 0.333. The fourth-order valence-electron chi connectivity index (χ4n) is 2.02. The van der Waals surface area contributed by atoms with Crippen molar-refractivity contribution in [2.75, 3.05) is 13.2 Å². The van der Waals surface area contributed by atoms with Gasteiger partial charge in [0.15, 0.2) is 5.78 Å². The van der Waals surface area contributed by atoms with E-state index in [1.54, 1.807) is 6.20 Å². The molecule has 1 aromatic carbocycles. The first-order chi connectivity index (χ1) is 10.2. The standard InChI is InChI=1S/C18H21NO2/c1-14(2)15-6-8-16(9-7-15)18(20)13-21-12-10-17-5-3-4-11-19-17/h3-9,11,14H,10,12-13H2,1-2H3. The molecule has 1 heterocycles. The largest absolute Gasteiger partial charge is 0.373 e. The van der Waals surface area contributed by atoms with Crippen molar-refractivity contribution < 1.29 is 9.53 Å². The van der Waals surface area contributed by atoms with Crippen LogP contribution < -0.4 is 0 Å². The first kappa shape index (κ1) is 15.4. The summed E-state index contributed by atoms with van der Waals surface area (Å²) in [4.78, 5) is 16.2. The van der Waals surface area contributed by atoms with Gasteiger partial charge in [-0.05, 0) is 23.6 Å². The van der Waals surface area contributed by atoms with Crippen LogP contribution in [0.25, 0.3) is 0 Å². The van der Waals surface area contributed by atoms with Crippen LogP contribution in [0, 0.1) is 0 Å². The van der Waals surface area contributed by atoms with E-state index in [0.29, 0.717) is 18.1 Å². The van der Waals surface area contributed by atoms with E-state index in [2.05, 4.69) is 18.8 Å². The third-order valence-electron chi connectivity index (χ3n) is 3.36. The molecule has 3 heteroatoms. The quantitative estimate of drug-likeness (QED) is 0.575. The van der Waals surface area contributed by atoms with Gasteiger partial charge in [0.05, 0.1) is 6.61 Å². The second kappa shape index (κ2) is 7.70. The molecule has 2 rings (SSSR count).